The lowest BCUT2D eigenvalue weighted by Crippen LogP contribution is -2.29. The molecule has 0 aliphatic rings. The SMILES string of the molecule is C=CC(=O)Nc1cc(Nc2cn3c(-c4ccn(C)c4)cnc3cn2)c(OC)cc1N(C)CCN(C)C. The van der Waals surface area contributed by atoms with Crippen molar-refractivity contribution in [2.24, 2.45) is 7.05 Å². The van der Waals surface area contributed by atoms with Crippen LogP contribution in [0.2, 0.25) is 0 Å². The number of likely N-dealkylation sites (N-methyl/N-ethyl adjacent to an activating group) is 2. The number of rotatable bonds is 10. The molecule has 0 aliphatic heterocycles. The highest BCUT2D eigenvalue weighted by Gasteiger charge is 2.17. The van der Waals surface area contributed by atoms with Crippen molar-refractivity contribution in [2.75, 3.05) is 56.9 Å². The molecule has 1 amide bonds. The maximum Gasteiger partial charge on any atom is 0.247 e. The number of carbonyl (C=O) groups excluding carboxylic acids is 1. The summed E-state index contributed by atoms with van der Waals surface area (Å²) in [7, 11) is 9.63. The molecule has 0 fully saturated rings. The third-order valence-electron chi connectivity index (χ3n) is 5.84. The summed E-state index contributed by atoms with van der Waals surface area (Å²) in [6.45, 7) is 5.20. The van der Waals surface area contributed by atoms with Gasteiger partial charge in [0.1, 0.15) is 11.6 Å². The van der Waals surface area contributed by atoms with Gasteiger partial charge < -0.3 is 29.7 Å². The van der Waals surface area contributed by atoms with Gasteiger partial charge in [-0.15, -0.1) is 0 Å². The average Bonchev–Trinajstić information content (AvgIpc) is 3.48. The van der Waals surface area contributed by atoms with Crippen molar-refractivity contribution in [3.63, 3.8) is 0 Å². The van der Waals surface area contributed by atoms with Crippen LogP contribution >= 0.6 is 0 Å². The quantitative estimate of drug-likeness (QED) is 0.330. The van der Waals surface area contributed by atoms with E-state index in [1.165, 1.54) is 6.08 Å². The van der Waals surface area contributed by atoms with Gasteiger partial charge in [0.25, 0.3) is 0 Å². The Morgan fingerprint density at radius 1 is 1.14 bits per heavy atom. The minimum absolute atomic E-state index is 0.293. The second-order valence-corrected chi connectivity index (χ2v) is 8.82. The van der Waals surface area contributed by atoms with Crippen LogP contribution in [-0.2, 0) is 11.8 Å². The summed E-state index contributed by atoms with van der Waals surface area (Å²) in [5, 5.41) is 6.26. The smallest absolute Gasteiger partial charge is 0.247 e. The van der Waals surface area contributed by atoms with E-state index in [9.17, 15) is 4.79 Å². The first-order chi connectivity index (χ1) is 17.3. The van der Waals surface area contributed by atoms with E-state index in [1.54, 1.807) is 13.3 Å². The lowest BCUT2D eigenvalue weighted by Gasteiger charge is -2.26. The van der Waals surface area contributed by atoms with E-state index in [2.05, 4.69) is 37.0 Å². The van der Waals surface area contributed by atoms with Crippen molar-refractivity contribution in [2.45, 2.75) is 0 Å². The van der Waals surface area contributed by atoms with E-state index in [0.29, 0.717) is 22.9 Å². The summed E-state index contributed by atoms with van der Waals surface area (Å²) in [5.74, 6) is 0.929. The van der Waals surface area contributed by atoms with Crippen LogP contribution < -0.4 is 20.3 Å². The van der Waals surface area contributed by atoms with Gasteiger partial charge in [-0.25, -0.2) is 9.97 Å². The van der Waals surface area contributed by atoms with Crippen molar-refractivity contribution in [1.29, 1.82) is 0 Å². The Labute approximate surface area is 210 Å². The molecule has 4 rings (SSSR count). The van der Waals surface area contributed by atoms with Gasteiger partial charge in [-0.2, -0.15) is 0 Å². The fourth-order valence-corrected chi connectivity index (χ4v) is 3.87. The van der Waals surface area contributed by atoms with Gasteiger partial charge in [-0.1, -0.05) is 6.58 Å². The second-order valence-electron chi connectivity index (χ2n) is 8.82. The lowest BCUT2D eigenvalue weighted by atomic mass is 10.2. The number of carbonyl (C=O) groups is 1. The first-order valence-corrected chi connectivity index (χ1v) is 11.5. The first-order valence-electron chi connectivity index (χ1n) is 11.5. The maximum atomic E-state index is 12.2. The van der Waals surface area contributed by atoms with Crippen molar-refractivity contribution in [3.8, 4) is 17.0 Å². The fraction of sp³-hybridized carbons (Fsp3) is 0.269. The number of aryl methyl sites for hydroxylation is 1. The van der Waals surface area contributed by atoms with E-state index in [4.69, 9.17) is 4.74 Å². The molecule has 0 radical (unpaired) electrons. The van der Waals surface area contributed by atoms with Crippen LogP contribution in [0.4, 0.5) is 22.9 Å². The number of anilines is 4. The number of hydrogen-bond acceptors (Lipinski definition) is 7. The predicted molar refractivity (Wildman–Crippen MR) is 144 cm³/mol. The van der Waals surface area contributed by atoms with Crippen molar-refractivity contribution < 1.29 is 9.53 Å². The molecule has 0 saturated carbocycles. The third kappa shape index (κ3) is 5.33. The summed E-state index contributed by atoms with van der Waals surface area (Å²) in [6, 6.07) is 5.79. The van der Waals surface area contributed by atoms with E-state index >= 15 is 0 Å². The maximum absolute atomic E-state index is 12.2. The zero-order valence-electron chi connectivity index (χ0n) is 21.3. The molecule has 0 spiro atoms. The van der Waals surface area contributed by atoms with E-state index < -0.39 is 0 Å². The van der Waals surface area contributed by atoms with Gasteiger partial charge in [0.2, 0.25) is 5.91 Å². The zero-order chi connectivity index (χ0) is 25.8. The average molecular weight is 489 g/mol. The first kappa shape index (κ1) is 24.8. The van der Waals surface area contributed by atoms with E-state index in [0.717, 1.165) is 35.7 Å². The van der Waals surface area contributed by atoms with Crippen molar-refractivity contribution in [3.05, 3.63) is 61.8 Å². The van der Waals surface area contributed by atoms with Crippen molar-refractivity contribution in [1.82, 2.24) is 23.8 Å². The number of amides is 1. The summed E-state index contributed by atoms with van der Waals surface area (Å²) >= 11 is 0. The summed E-state index contributed by atoms with van der Waals surface area (Å²) in [4.78, 5) is 25.4. The number of imidazole rings is 1. The molecule has 188 valence electrons. The molecule has 0 aliphatic carbocycles. The molecule has 36 heavy (non-hydrogen) atoms. The van der Waals surface area contributed by atoms with Gasteiger partial charge >= 0.3 is 0 Å². The predicted octanol–water partition coefficient (Wildman–Crippen LogP) is 3.61. The van der Waals surface area contributed by atoms with Crippen LogP contribution in [0.1, 0.15) is 0 Å². The Morgan fingerprint density at radius 3 is 2.61 bits per heavy atom. The van der Waals surface area contributed by atoms with Gasteiger partial charge in [0.05, 0.1) is 48.5 Å². The van der Waals surface area contributed by atoms with Crippen LogP contribution in [0.5, 0.6) is 5.75 Å². The summed E-state index contributed by atoms with van der Waals surface area (Å²) < 4.78 is 9.69. The number of hydrogen-bond donors (Lipinski definition) is 2. The number of fused-ring (bicyclic) bond motifs is 1. The molecule has 4 aromatic rings. The second kappa shape index (κ2) is 10.5. The van der Waals surface area contributed by atoms with E-state index in [-0.39, 0.29) is 5.91 Å². The standard InChI is InChI=1S/C26H32N8O2/c1-7-26(35)30-19-12-20(23(36-6)13-21(19)33(5)11-10-31(2)3)29-24-17-34-22(14-28-25(34)15-27-24)18-8-9-32(4)16-18/h7-9,12-17,29H,1,10-11H2,2-6H3,(H,30,35). The van der Waals surface area contributed by atoms with Gasteiger partial charge in [0, 0.05) is 51.2 Å². The topological polar surface area (TPSA) is 92.0 Å². The molecule has 10 heteroatoms. The zero-order valence-corrected chi connectivity index (χ0v) is 21.3. The molecule has 0 atom stereocenters. The Bertz CT molecular complexity index is 1390. The number of nitrogens with one attached hydrogen (secondary N) is 2. The minimum Gasteiger partial charge on any atom is -0.494 e. The molecule has 0 bridgehead atoms. The molecule has 1 aromatic carbocycles. The fourth-order valence-electron chi connectivity index (χ4n) is 3.87. The molecule has 2 N–H and O–H groups in total. The largest absolute Gasteiger partial charge is 0.494 e. The van der Waals surface area contributed by atoms with Crippen LogP contribution in [0.3, 0.4) is 0 Å². The molecular formula is C26H32N8O2. The molecule has 0 unspecified atom stereocenters. The molecule has 0 saturated heterocycles. The minimum atomic E-state index is -0.293. The Hall–Kier alpha value is -4.31. The summed E-state index contributed by atoms with van der Waals surface area (Å²) in [5.41, 5.74) is 4.88. The number of aromatic nitrogens is 4. The van der Waals surface area contributed by atoms with Crippen molar-refractivity contribution >= 4 is 34.4 Å². The normalized spacial score (nSPS) is 11.1. The number of benzene rings is 1. The molecule has 10 nitrogen and oxygen atoms in total. The monoisotopic (exact) mass is 488 g/mol. The number of nitrogens with zero attached hydrogens (tertiary/aromatic N) is 6. The highest BCUT2D eigenvalue weighted by Crippen LogP contribution is 2.38. The third-order valence-corrected chi connectivity index (χ3v) is 5.84. The molecule has 3 aromatic heterocycles. The molecular weight excluding hydrogens is 456 g/mol. The van der Waals surface area contributed by atoms with Crippen LogP contribution in [-0.4, -0.2) is 71.1 Å². The van der Waals surface area contributed by atoms with Gasteiger partial charge in [0.15, 0.2) is 5.65 Å². The van der Waals surface area contributed by atoms with Crippen LogP contribution in [0.25, 0.3) is 16.9 Å². The Morgan fingerprint density at radius 2 is 1.94 bits per heavy atom. The highest BCUT2D eigenvalue weighted by atomic mass is 16.5. The lowest BCUT2D eigenvalue weighted by molar-refractivity contribution is -0.111. The Kier molecular flexibility index (Phi) is 7.25. The number of methoxy groups -OCH3 is 1. The summed E-state index contributed by atoms with van der Waals surface area (Å²) in [6.07, 6.45) is 10.7. The van der Waals surface area contributed by atoms with Crippen LogP contribution in [0.15, 0.2) is 61.8 Å². The highest BCUT2D eigenvalue weighted by molar-refractivity contribution is 6.02. The van der Waals surface area contributed by atoms with E-state index in [1.807, 2.05) is 80.1 Å². The van der Waals surface area contributed by atoms with Gasteiger partial charge in [-0.05, 0) is 32.3 Å². The Balaban J connectivity index is 1.71. The number of ether oxygens (including phenoxy) is 1. The molecule has 3 heterocycles. The van der Waals surface area contributed by atoms with Crippen LogP contribution in [0, 0.1) is 0 Å². The van der Waals surface area contributed by atoms with Gasteiger partial charge in [-0.3, -0.25) is 9.20 Å².